The van der Waals surface area contributed by atoms with E-state index < -0.39 is 34.3 Å². The van der Waals surface area contributed by atoms with Gasteiger partial charge in [-0.05, 0) is 44.5 Å². The molecule has 2 aromatic rings. The number of benzene rings is 2. The van der Waals surface area contributed by atoms with Crippen molar-refractivity contribution in [2.45, 2.75) is 37.8 Å². The highest BCUT2D eigenvalue weighted by Gasteiger charge is 2.63. The molecule has 152 valence electrons. The van der Waals surface area contributed by atoms with Crippen LogP contribution in [-0.2, 0) is 10.3 Å². The number of nitrogens with zero attached hydrogens (tertiary/aromatic N) is 2. The van der Waals surface area contributed by atoms with Crippen molar-refractivity contribution in [2.75, 3.05) is 6.61 Å². The summed E-state index contributed by atoms with van der Waals surface area (Å²) in [7, 11) is 0. The molecule has 1 aliphatic heterocycles. The lowest BCUT2D eigenvalue weighted by Crippen LogP contribution is -2.56. The van der Waals surface area contributed by atoms with Crippen molar-refractivity contribution in [3.05, 3.63) is 65.0 Å². The van der Waals surface area contributed by atoms with Crippen LogP contribution < -0.4 is 5.73 Å². The van der Waals surface area contributed by atoms with Gasteiger partial charge >= 0.3 is 5.92 Å². The molecule has 0 spiro atoms. The maximum Gasteiger partial charge on any atom is 0.304 e. The quantitative estimate of drug-likeness (QED) is 0.552. The Bertz CT molecular complexity index is 1040. The third kappa shape index (κ3) is 3.25. The molecule has 0 amide bonds. The van der Waals surface area contributed by atoms with Crippen LogP contribution in [-0.4, -0.2) is 24.0 Å². The third-order valence-electron chi connectivity index (χ3n) is 5.20. The molecule has 2 aromatic carbocycles. The molecule has 3 rings (SSSR count). The van der Waals surface area contributed by atoms with Gasteiger partial charge in [-0.15, -0.1) is 0 Å². The van der Waals surface area contributed by atoms with Crippen LogP contribution in [0.1, 0.15) is 26.3 Å². The summed E-state index contributed by atoms with van der Waals surface area (Å²) < 4.78 is 65.4. The number of nitrogens with two attached hydrogens (primary N) is 1. The number of hydrogen-bond donors (Lipinski definition) is 1. The van der Waals surface area contributed by atoms with Crippen molar-refractivity contribution in [3.8, 4) is 11.1 Å². The minimum absolute atomic E-state index is 0.0478. The van der Waals surface area contributed by atoms with Crippen molar-refractivity contribution in [1.82, 2.24) is 0 Å². The van der Waals surface area contributed by atoms with E-state index in [1.54, 1.807) is 0 Å². The number of hydrogen-bond acceptors (Lipinski definition) is 3. The van der Waals surface area contributed by atoms with E-state index in [9.17, 15) is 8.78 Å². The lowest BCUT2D eigenvalue weighted by molar-refractivity contribution is -0.214. The summed E-state index contributed by atoms with van der Waals surface area (Å²) in [4.78, 5) is 7.06. The highest BCUT2D eigenvalue weighted by atomic mass is 19.3. The summed E-state index contributed by atoms with van der Waals surface area (Å²) in [6.45, 7) is 10.1. The average Bonchev–Trinajstić information content (AvgIpc) is 2.71. The standard InChI is InChI=1S/C21H19F4N3O/c1-19(2)21(24,25)20(3,28-18(26)11-29-19)15-9-12(5-8-16(15)22)14-7-6-13(27-4)10-17(14)23/h5-10H,11H2,1-3H3,(H2,26,28)/t20-/m1/s1. The second-order valence-corrected chi connectivity index (χ2v) is 7.52. The highest BCUT2D eigenvalue weighted by molar-refractivity contribution is 5.82. The lowest BCUT2D eigenvalue weighted by Gasteiger charge is -2.42. The van der Waals surface area contributed by atoms with E-state index in [0.29, 0.717) is 0 Å². The van der Waals surface area contributed by atoms with Crippen LogP contribution in [0, 0.1) is 18.2 Å². The highest BCUT2D eigenvalue weighted by Crippen LogP contribution is 2.51. The molecule has 0 bridgehead atoms. The van der Waals surface area contributed by atoms with Gasteiger partial charge in [0.2, 0.25) is 0 Å². The van der Waals surface area contributed by atoms with Gasteiger partial charge in [0.25, 0.3) is 0 Å². The first kappa shape index (κ1) is 20.8. The molecule has 0 saturated carbocycles. The molecule has 1 atom stereocenters. The predicted octanol–water partition coefficient (Wildman–Crippen LogP) is 5.20. The molecule has 0 saturated heterocycles. The maximum absolute atomic E-state index is 15.5. The van der Waals surface area contributed by atoms with Gasteiger partial charge in [0, 0.05) is 11.1 Å². The van der Waals surface area contributed by atoms with Crippen LogP contribution in [0.3, 0.4) is 0 Å². The first-order chi connectivity index (χ1) is 13.4. The number of rotatable bonds is 2. The predicted molar refractivity (Wildman–Crippen MR) is 102 cm³/mol. The summed E-state index contributed by atoms with van der Waals surface area (Å²) in [6, 6.07) is 7.17. The first-order valence-electron chi connectivity index (χ1n) is 8.76. The fourth-order valence-corrected chi connectivity index (χ4v) is 3.42. The number of alkyl halides is 2. The SMILES string of the molecule is [C-]#[N+]c1ccc(-c2ccc(F)c([C@@]3(C)N=C(N)COC(C)(C)C3(F)F)c2)c(F)c1. The molecular weight excluding hydrogens is 386 g/mol. The Kier molecular flexibility index (Phi) is 4.91. The molecule has 0 aliphatic carbocycles. The molecule has 0 fully saturated rings. The molecule has 0 aromatic heterocycles. The smallest absolute Gasteiger partial charge is 0.304 e. The van der Waals surface area contributed by atoms with Gasteiger partial charge in [-0.25, -0.2) is 22.4 Å². The Balaban J connectivity index is 2.24. The van der Waals surface area contributed by atoms with Crippen molar-refractivity contribution in [2.24, 2.45) is 10.7 Å². The molecule has 4 nitrogen and oxygen atoms in total. The molecule has 2 N–H and O–H groups in total. The monoisotopic (exact) mass is 405 g/mol. The maximum atomic E-state index is 15.5. The number of aliphatic imine (C=N–C) groups is 1. The number of ether oxygens (including phenoxy) is 1. The van der Waals surface area contributed by atoms with Crippen LogP contribution in [0.5, 0.6) is 0 Å². The minimum Gasteiger partial charge on any atom is -0.385 e. The van der Waals surface area contributed by atoms with E-state index in [2.05, 4.69) is 9.84 Å². The van der Waals surface area contributed by atoms with Gasteiger partial charge in [-0.2, -0.15) is 0 Å². The van der Waals surface area contributed by atoms with E-state index in [1.807, 2.05) is 0 Å². The largest absolute Gasteiger partial charge is 0.385 e. The van der Waals surface area contributed by atoms with Crippen molar-refractivity contribution < 1.29 is 22.3 Å². The van der Waals surface area contributed by atoms with Gasteiger partial charge in [-0.3, -0.25) is 4.99 Å². The summed E-state index contributed by atoms with van der Waals surface area (Å²) >= 11 is 0. The topological polar surface area (TPSA) is 52.0 Å². The van der Waals surface area contributed by atoms with Gasteiger partial charge in [0.05, 0.1) is 6.57 Å². The van der Waals surface area contributed by atoms with Gasteiger partial charge < -0.3 is 10.5 Å². The fraction of sp³-hybridized carbons (Fsp3) is 0.333. The second kappa shape index (κ2) is 6.85. The zero-order chi connectivity index (χ0) is 21.6. The first-order valence-corrected chi connectivity index (χ1v) is 8.76. The van der Waals surface area contributed by atoms with E-state index in [0.717, 1.165) is 25.1 Å². The average molecular weight is 405 g/mol. The normalized spacial score (nSPS) is 23.0. The van der Waals surface area contributed by atoms with E-state index >= 15 is 8.78 Å². The van der Waals surface area contributed by atoms with Crippen molar-refractivity contribution >= 4 is 11.5 Å². The summed E-state index contributed by atoms with van der Waals surface area (Å²) in [5.74, 6) is -5.49. The van der Waals surface area contributed by atoms with Crippen LogP contribution in [0.15, 0.2) is 41.4 Å². The number of amidine groups is 1. The molecule has 1 heterocycles. The van der Waals surface area contributed by atoms with Gasteiger partial charge in [0.15, 0.2) is 11.2 Å². The Hall–Kier alpha value is -2.92. The van der Waals surface area contributed by atoms with Gasteiger partial charge in [-0.1, -0.05) is 18.2 Å². The summed E-state index contributed by atoms with van der Waals surface area (Å²) in [6.07, 6.45) is 0. The molecule has 29 heavy (non-hydrogen) atoms. The Morgan fingerprint density at radius 2 is 1.76 bits per heavy atom. The summed E-state index contributed by atoms with van der Waals surface area (Å²) in [5, 5.41) is 0. The van der Waals surface area contributed by atoms with Crippen LogP contribution in [0.25, 0.3) is 16.0 Å². The van der Waals surface area contributed by atoms with E-state index in [4.69, 9.17) is 17.0 Å². The zero-order valence-electron chi connectivity index (χ0n) is 16.1. The van der Waals surface area contributed by atoms with E-state index in [-0.39, 0.29) is 29.3 Å². The third-order valence-corrected chi connectivity index (χ3v) is 5.20. The van der Waals surface area contributed by atoms with Crippen molar-refractivity contribution in [3.63, 3.8) is 0 Å². The van der Waals surface area contributed by atoms with Crippen molar-refractivity contribution in [1.29, 1.82) is 0 Å². The lowest BCUT2D eigenvalue weighted by atomic mass is 9.77. The van der Waals surface area contributed by atoms with Crippen LogP contribution in [0.2, 0.25) is 0 Å². The molecule has 1 aliphatic rings. The molecule has 0 unspecified atom stereocenters. The fourth-order valence-electron chi connectivity index (χ4n) is 3.42. The Morgan fingerprint density at radius 1 is 1.07 bits per heavy atom. The van der Waals surface area contributed by atoms with Crippen LogP contribution in [0.4, 0.5) is 23.2 Å². The Morgan fingerprint density at radius 3 is 2.38 bits per heavy atom. The molecule has 0 radical (unpaired) electrons. The minimum atomic E-state index is -3.65. The summed E-state index contributed by atoms with van der Waals surface area (Å²) in [5.41, 5.74) is 1.23. The van der Waals surface area contributed by atoms with Gasteiger partial charge in [0.1, 0.15) is 29.7 Å². The second-order valence-electron chi connectivity index (χ2n) is 7.52. The number of halogens is 4. The Labute approximate surface area is 165 Å². The zero-order valence-corrected chi connectivity index (χ0v) is 16.1. The van der Waals surface area contributed by atoms with E-state index in [1.165, 1.54) is 32.0 Å². The molecule has 8 heteroatoms. The molecular formula is C21H19F4N3O. The van der Waals surface area contributed by atoms with Crippen LogP contribution >= 0.6 is 0 Å².